The van der Waals surface area contributed by atoms with Gasteiger partial charge in [0.1, 0.15) is 5.75 Å². The van der Waals surface area contributed by atoms with E-state index in [1.165, 1.54) is 25.3 Å². The predicted molar refractivity (Wildman–Crippen MR) is 81.0 cm³/mol. The van der Waals surface area contributed by atoms with Gasteiger partial charge in [-0.2, -0.15) is 0 Å². The van der Waals surface area contributed by atoms with Crippen molar-refractivity contribution < 1.29 is 19.4 Å². The number of carbonyl (C=O) groups excluding carboxylic acids is 1. The van der Waals surface area contributed by atoms with Crippen LogP contribution < -0.4 is 9.47 Å². The first-order valence-electron chi connectivity index (χ1n) is 6.37. The van der Waals surface area contributed by atoms with E-state index in [0.717, 1.165) is 11.3 Å². The number of benzene rings is 2. The molecule has 0 aliphatic heterocycles. The van der Waals surface area contributed by atoms with E-state index >= 15 is 0 Å². The van der Waals surface area contributed by atoms with Crippen LogP contribution in [0.25, 0.3) is 6.08 Å². The van der Waals surface area contributed by atoms with Crippen LogP contribution in [0.3, 0.4) is 0 Å². The van der Waals surface area contributed by atoms with Crippen molar-refractivity contribution in [3.63, 3.8) is 0 Å². The van der Waals surface area contributed by atoms with E-state index in [2.05, 4.69) is 0 Å². The smallest absolute Gasteiger partial charge is 0.185 e. The lowest BCUT2D eigenvalue weighted by Crippen LogP contribution is -1.95. The van der Waals surface area contributed by atoms with E-state index < -0.39 is 0 Å². The molecule has 0 fully saturated rings. The molecule has 0 spiro atoms. The Bertz CT molecular complexity index is 657. The normalized spacial score (nSPS) is 10.6. The lowest BCUT2D eigenvalue weighted by molar-refractivity contribution is 0.104. The Balaban J connectivity index is 2.14. The van der Waals surface area contributed by atoms with Crippen LogP contribution in [-0.2, 0) is 0 Å². The predicted octanol–water partition coefficient (Wildman–Crippen LogP) is 3.31. The Labute approximate surface area is 123 Å². The van der Waals surface area contributed by atoms with E-state index in [1.807, 2.05) is 24.3 Å². The van der Waals surface area contributed by atoms with Crippen LogP contribution in [0, 0.1) is 0 Å². The van der Waals surface area contributed by atoms with Crippen molar-refractivity contribution in [3.05, 3.63) is 59.7 Å². The van der Waals surface area contributed by atoms with Crippen LogP contribution in [0.15, 0.2) is 48.5 Å². The molecule has 0 unspecified atom stereocenters. The highest BCUT2D eigenvalue weighted by molar-refractivity contribution is 6.07. The third-order valence-corrected chi connectivity index (χ3v) is 3.01. The standard InChI is InChI=1S/C17H16O4/c1-20-14-7-3-12(4-8-14)5-9-15(18)13-6-10-16(19)17(11-13)21-2/h3-11,19H,1-2H3/b9-5+. The van der Waals surface area contributed by atoms with Crippen molar-refractivity contribution in [3.8, 4) is 17.2 Å². The highest BCUT2D eigenvalue weighted by atomic mass is 16.5. The van der Waals surface area contributed by atoms with E-state index in [0.29, 0.717) is 5.56 Å². The minimum absolute atomic E-state index is 0.00758. The summed E-state index contributed by atoms with van der Waals surface area (Å²) in [5.41, 5.74) is 1.35. The minimum atomic E-state index is -0.163. The molecule has 0 aliphatic rings. The molecule has 4 nitrogen and oxygen atoms in total. The summed E-state index contributed by atoms with van der Waals surface area (Å²) in [6.07, 6.45) is 3.20. The summed E-state index contributed by atoms with van der Waals surface area (Å²) in [7, 11) is 3.04. The zero-order valence-corrected chi connectivity index (χ0v) is 11.9. The number of phenols is 1. The van der Waals surface area contributed by atoms with E-state index in [-0.39, 0.29) is 17.3 Å². The Morgan fingerprint density at radius 2 is 1.76 bits per heavy atom. The van der Waals surface area contributed by atoms with Crippen LogP contribution in [0.4, 0.5) is 0 Å². The highest BCUT2D eigenvalue weighted by Gasteiger charge is 2.07. The second-order valence-corrected chi connectivity index (χ2v) is 4.36. The van der Waals surface area contributed by atoms with Crippen LogP contribution >= 0.6 is 0 Å². The zero-order chi connectivity index (χ0) is 15.2. The van der Waals surface area contributed by atoms with Gasteiger partial charge in [0.2, 0.25) is 0 Å². The third kappa shape index (κ3) is 3.63. The number of ketones is 1. The average molecular weight is 284 g/mol. The Morgan fingerprint density at radius 3 is 2.38 bits per heavy atom. The number of aromatic hydroxyl groups is 1. The van der Waals surface area contributed by atoms with Gasteiger partial charge >= 0.3 is 0 Å². The van der Waals surface area contributed by atoms with Gasteiger partial charge in [0.25, 0.3) is 0 Å². The van der Waals surface area contributed by atoms with Crippen LogP contribution in [0.2, 0.25) is 0 Å². The molecule has 0 aromatic heterocycles. The summed E-state index contributed by atoms with van der Waals surface area (Å²) in [6.45, 7) is 0. The lowest BCUT2D eigenvalue weighted by atomic mass is 10.1. The fraction of sp³-hybridized carbons (Fsp3) is 0.118. The molecule has 2 aromatic rings. The molecule has 4 heteroatoms. The summed E-state index contributed by atoms with van der Waals surface area (Å²) in [5.74, 6) is 0.887. The van der Waals surface area contributed by atoms with Gasteiger partial charge in [-0.15, -0.1) is 0 Å². The van der Waals surface area contributed by atoms with Crippen molar-refractivity contribution in [1.29, 1.82) is 0 Å². The number of hydrogen-bond acceptors (Lipinski definition) is 4. The number of phenolic OH excluding ortho intramolecular Hbond substituents is 1. The maximum atomic E-state index is 12.1. The van der Waals surface area contributed by atoms with Gasteiger partial charge < -0.3 is 14.6 Å². The molecule has 0 saturated heterocycles. The topological polar surface area (TPSA) is 55.8 Å². The van der Waals surface area contributed by atoms with Gasteiger partial charge in [-0.3, -0.25) is 4.79 Å². The first-order chi connectivity index (χ1) is 10.1. The van der Waals surface area contributed by atoms with Crippen molar-refractivity contribution in [2.75, 3.05) is 14.2 Å². The number of hydrogen-bond donors (Lipinski definition) is 1. The minimum Gasteiger partial charge on any atom is -0.504 e. The molecule has 2 rings (SSSR count). The number of ether oxygens (including phenoxy) is 2. The quantitative estimate of drug-likeness (QED) is 0.676. The van der Waals surface area contributed by atoms with Crippen molar-refractivity contribution in [2.24, 2.45) is 0 Å². The van der Waals surface area contributed by atoms with Gasteiger partial charge in [0, 0.05) is 5.56 Å². The summed E-state index contributed by atoms with van der Waals surface area (Å²) in [5, 5.41) is 9.51. The SMILES string of the molecule is COc1ccc(/C=C/C(=O)c2ccc(O)c(OC)c2)cc1. The number of allylic oxidation sites excluding steroid dienone is 1. The van der Waals surface area contributed by atoms with Crippen LogP contribution in [-0.4, -0.2) is 25.1 Å². The Hall–Kier alpha value is -2.75. The van der Waals surface area contributed by atoms with Crippen molar-refractivity contribution in [1.82, 2.24) is 0 Å². The molecule has 1 N–H and O–H groups in total. The largest absolute Gasteiger partial charge is 0.504 e. The van der Waals surface area contributed by atoms with Crippen LogP contribution in [0.1, 0.15) is 15.9 Å². The second-order valence-electron chi connectivity index (χ2n) is 4.36. The average Bonchev–Trinajstić information content (AvgIpc) is 2.53. The van der Waals surface area contributed by atoms with Gasteiger partial charge in [0.15, 0.2) is 17.3 Å². The maximum absolute atomic E-state index is 12.1. The monoisotopic (exact) mass is 284 g/mol. The first kappa shape index (κ1) is 14.7. The molecule has 0 heterocycles. The number of carbonyl (C=O) groups is 1. The van der Waals surface area contributed by atoms with Crippen molar-refractivity contribution in [2.45, 2.75) is 0 Å². The molecular formula is C17H16O4. The van der Waals surface area contributed by atoms with E-state index in [9.17, 15) is 9.90 Å². The van der Waals surface area contributed by atoms with E-state index in [4.69, 9.17) is 9.47 Å². The summed E-state index contributed by atoms with van der Waals surface area (Å²) >= 11 is 0. The van der Waals surface area contributed by atoms with Gasteiger partial charge in [-0.05, 0) is 42.0 Å². The molecule has 0 bridgehead atoms. The fourth-order valence-corrected chi connectivity index (χ4v) is 1.81. The highest BCUT2D eigenvalue weighted by Crippen LogP contribution is 2.26. The fourth-order valence-electron chi connectivity index (χ4n) is 1.81. The summed E-state index contributed by atoms with van der Waals surface area (Å²) in [6, 6.07) is 11.9. The summed E-state index contributed by atoms with van der Waals surface area (Å²) < 4.78 is 10.1. The molecule has 0 radical (unpaired) electrons. The molecule has 0 atom stereocenters. The van der Waals surface area contributed by atoms with Crippen molar-refractivity contribution >= 4 is 11.9 Å². The van der Waals surface area contributed by atoms with Gasteiger partial charge in [-0.1, -0.05) is 18.2 Å². The zero-order valence-electron chi connectivity index (χ0n) is 11.9. The number of rotatable bonds is 5. The maximum Gasteiger partial charge on any atom is 0.185 e. The molecule has 0 amide bonds. The molecule has 21 heavy (non-hydrogen) atoms. The number of methoxy groups -OCH3 is 2. The summed E-state index contributed by atoms with van der Waals surface area (Å²) in [4.78, 5) is 12.1. The molecular weight excluding hydrogens is 268 g/mol. The van der Waals surface area contributed by atoms with E-state index in [1.54, 1.807) is 19.3 Å². The van der Waals surface area contributed by atoms with Gasteiger partial charge in [0.05, 0.1) is 14.2 Å². The first-order valence-corrected chi connectivity index (χ1v) is 6.37. The molecule has 2 aromatic carbocycles. The molecule has 108 valence electrons. The third-order valence-electron chi connectivity index (χ3n) is 3.01. The van der Waals surface area contributed by atoms with Crippen LogP contribution in [0.5, 0.6) is 17.2 Å². The lowest BCUT2D eigenvalue weighted by Gasteiger charge is -2.04. The Morgan fingerprint density at radius 1 is 1.05 bits per heavy atom. The molecule has 0 saturated carbocycles. The molecule has 0 aliphatic carbocycles. The Kier molecular flexibility index (Phi) is 4.61. The van der Waals surface area contributed by atoms with Gasteiger partial charge in [-0.25, -0.2) is 0 Å². The second kappa shape index (κ2) is 6.61.